The molecule has 3 rings (SSSR count). The van der Waals surface area contributed by atoms with Gasteiger partial charge in [0.1, 0.15) is 5.69 Å². The second-order valence-corrected chi connectivity index (χ2v) is 6.01. The molecule has 1 aliphatic rings. The van der Waals surface area contributed by atoms with Gasteiger partial charge in [0.2, 0.25) is 0 Å². The molecule has 2 aromatic heterocycles. The summed E-state index contributed by atoms with van der Waals surface area (Å²) >= 11 is 6.87. The predicted molar refractivity (Wildman–Crippen MR) is 87.5 cm³/mol. The van der Waals surface area contributed by atoms with Gasteiger partial charge >= 0.3 is 0 Å². The van der Waals surface area contributed by atoms with E-state index >= 15 is 0 Å². The molecule has 1 aliphatic heterocycles. The van der Waals surface area contributed by atoms with Crippen molar-refractivity contribution in [3.8, 4) is 0 Å². The van der Waals surface area contributed by atoms with Gasteiger partial charge in [-0.2, -0.15) is 5.10 Å². The molecular weight excluding hydrogens is 402 g/mol. The summed E-state index contributed by atoms with van der Waals surface area (Å²) in [5, 5.41) is 7.26. The molecule has 1 amide bonds. The van der Waals surface area contributed by atoms with Gasteiger partial charge in [0.15, 0.2) is 0 Å². The van der Waals surface area contributed by atoms with E-state index in [1.54, 1.807) is 12.4 Å². The highest BCUT2D eigenvalue weighted by molar-refractivity contribution is 9.13. The Bertz CT molecular complexity index is 711. The average molecular weight is 413 g/mol. The van der Waals surface area contributed by atoms with Crippen LogP contribution in [0.1, 0.15) is 22.5 Å². The van der Waals surface area contributed by atoms with Crippen molar-refractivity contribution in [3.63, 3.8) is 0 Å². The summed E-state index contributed by atoms with van der Waals surface area (Å²) in [7, 11) is 0. The van der Waals surface area contributed by atoms with E-state index in [0.29, 0.717) is 18.7 Å². The third-order valence-electron chi connectivity index (χ3n) is 3.04. The Morgan fingerprint density at radius 2 is 2.24 bits per heavy atom. The maximum absolute atomic E-state index is 12.0. The number of nitrogens with one attached hydrogen (secondary N) is 3. The van der Waals surface area contributed by atoms with E-state index in [1.807, 2.05) is 12.1 Å². The number of aromatic nitrogens is 2. The summed E-state index contributed by atoms with van der Waals surface area (Å²) in [6.07, 6.45) is 4.02. The lowest BCUT2D eigenvalue weighted by Crippen LogP contribution is -2.23. The first-order valence-electron chi connectivity index (χ1n) is 6.25. The Balaban J connectivity index is 1.99. The number of pyridine rings is 1. The lowest BCUT2D eigenvalue weighted by Gasteiger charge is -2.05. The number of rotatable bonds is 2. The van der Waals surface area contributed by atoms with Crippen molar-refractivity contribution in [1.82, 2.24) is 15.3 Å². The van der Waals surface area contributed by atoms with Gasteiger partial charge in [0.25, 0.3) is 5.91 Å². The second kappa shape index (κ2) is 5.98. The zero-order valence-electron chi connectivity index (χ0n) is 10.8. The number of hydrogen-bond acceptors (Lipinski definition) is 4. The van der Waals surface area contributed by atoms with Crippen molar-refractivity contribution in [2.24, 2.45) is 5.10 Å². The van der Waals surface area contributed by atoms with E-state index in [1.165, 1.54) is 0 Å². The number of amides is 1. The smallest absolute Gasteiger partial charge is 0.268 e. The van der Waals surface area contributed by atoms with Crippen LogP contribution < -0.4 is 10.7 Å². The predicted octanol–water partition coefficient (Wildman–Crippen LogP) is 2.88. The first kappa shape index (κ1) is 14.3. The molecule has 0 radical (unpaired) electrons. The zero-order chi connectivity index (χ0) is 14.8. The summed E-state index contributed by atoms with van der Waals surface area (Å²) < 4.78 is 1.51. The lowest BCUT2D eigenvalue weighted by molar-refractivity contribution is 0.0951. The highest BCUT2D eigenvalue weighted by Crippen LogP contribution is 2.31. The number of anilines is 1. The van der Waals surface area contributed by atoms with Gasteiger partial charge in [0.05, 0.1) is 26.7 Å². The van der Waals surface area contributed by atoms with Crippen molar-refractivity contribution in [2.45, 2.75) is 6.42 Å². The maximum Gasteiger partial charge on any atom is 0.268 e. The average Bonchev–Trinajstić information content (AvgIpc) is 2.70. The number of carbonyl (C=O) groups is 1. The molecule has 108 valence electrons. The highest BCUT2D eigenvalue weighted by atomic mass is 79.9. The standard InChI is InChI=1S/C13H11Br2N5O/c14-10-9-8(20-19-7-2-1-4-16-6-7)3-5-17-13(21)11(9)18-12(10)15/h1-2,4,6,18-19H,3,5H2,(H,17,21)/b20-8+. The monoisotopic (exact) mass is 411 g/mol. The van der Waals surface area contributed by atoms with Crippen molar-refractivity contribution in [2.75, 3.05) is 12.0 Å². The Kier molecular flexibility index (Phi) is 4.07. The van der Waals surface area contributed by atoms with Gasteiger partial charge in [-0.15, -0.1) is 0 Å². The largest absolute Gasteiger partial charge is 0.350 e. The van der Waals surface area contributed by atoms with Gasteiger partial charge in [-0.25, -0.2) is 0 Å². The van der Waals surface area contributed by atoms with Crippen molar-refractivity contribution in [1.29, 1.82) is 0 Å². The summed E-state index contributed by atoms with van der Waals surface area (Å²) in [4.78, 5) is 19.1. The number of halogens is 2. The Morgan fingerprint density at radius 3 is 3.00 bits per heavy atom. The summed E-state index contributed by atoms with van der Waals surface area (Å²) in [5.74, 6) is -0.136. The van der Waals surface area contributed by atoms with Crippen LogP contribution in [0.15, 0.2) is 38.7 Å². The molecule has 3 heterocycles. The minimum atomic E-state index is -0.136. The number of hydrazone groups is 1. The van der Waals surface area contributed by atoms with E-state index in [-0.39, 0.29) is 5.91 Å². The topological polar surface area (TPSA) is 82.2 Å². The fourth-order valence-electron chi connectivity index (χ4n) is 2.07. The molecule has 0 bridgehead atoms. The number of H-pyrrole nitrogens is 1. The molecule has 0 atom stereocenters. The minimum absolute atomic E-state index is 0.136. The molecule has 3 N–H and O–H groups in total. The SMILES string of the molecule is O=C1NCC/C(=N\Nc2cccnc2)c2c1[nH]c(Br)c2Br. The number of fused-ring (bicyclic) bond motifs is 1. The van der Waals surface area contributed by atoms with Gasteiger partial charge < -0.3 is 10.3 Å². The third kappa shape index (κ3) is 2.86. The van der Waals surface area contributed by atoms with Gasteiger partial charge in [0, 0.05) is 24.7 Å². The zero-order valence-corrected chi connectivity index (χ0v) is 14.0. The maximum atomic E-state index is 12.0. The molecule has 0 aromatic carbocycles. The third-order valence-corrected chi connectivity index (χ3v) is 4.96. The van der Waals surface area contributed by atoms with Crippen LogP contribution in [0.2, 0.25) is 0 Å². The summed E-state index contributed by atoms with van der Waals surface area (Å²) in [6.45, 7) is 0.541. The van der Waals surface area contributed by atoms with Crippen LogP contribution in [0.3, 0.4) is 0 Å². The molecule has 8 heteroatoms. The fraction of sp³-hybridized carbons (Fsp3) is 0.154. The van der Waals surface area contributed by atoms with Crippen LogP contribution in [0.25, 0.3) is 0 Å². The molecule has 2 aromatic rings. The summed E-state index contributed by atoms with van der Waals surface area (Å²) in [5.41, 5.74) is 5.83. The van der Waals surface area contributed by atoms with Crippen LogP contribution in [-0.2, 0) is 0 Å². The molecule has 6 nitrogen and oxygen atoms in total. The Morgan fingerprint density at radius 1 is 1.38 bits per heavy atom. The molecular formula is C13H11Br2N5O. The molecule has 0 aliphatic carbocycles. The number of hydrogen-bond donors (Lipinski definition) is 3. The minimum Gasteiger partial charge on any atom is -0.350 e. The second-order valence-electron chi connectivity index (χ2n) is 4.42. The quantitative estimate of drug-likeness (QED) is 0.663. The van der Waals surface area contributed by atoms with Gasteiger partial charge in [-0.1, -0.05) is 0 Å². The van der Waals surface area contributed by atoms with Crippen molar-refractivity contribution in [3.05, 3.63) is 44.9 Å². The van der Waals surface area contributed by atoms with E-state index in [9.17, 15) is 4.79 Å². The van der Waals surface area contributed by atoms with Crippen LogP contribution in [-0.4, -0.2) is 28.1 Å². The first-order valence-corrected chi connectivity index (χ1v) is 7.83. The molecule has 0 saturated heterocycles. The van der Waals surface area contributed by atoms with Crippen LogP contribution in [0.5, 0.6) is 0 Å². The van der Waals surface area contributed by atoms with Crippen LogP contribution >= 0.6 is 31.9 Å². The van der Waals surface area contributed by atoms with E-state index in [4.69, 9.17) is 0 Å². The highest BCUT2D eigenvalue weighted by Gasteiger charge is 2.26. The van der Waals surface area contributed by atoms with E-state index in [2.05, 4.69) is 57.7 Å². The Labute approximate surface area is 137 Å². The molecule has 0 saturated carbocycles. The number of aromatic amines is 1. The number of nitrogens with zero attached hydrogens (tertiary/aromatic N) is 2. The lowest BCUT2D eigenvalue weighted by atomic mass is 10.1. The van der Waals surface area contributed by atoms with E-state index in [0.717, 1.165) is 26.0 Å². The normalized spacial score (nSPS) is 16.3. The molecule has 21 heavy (non-hydrogen) atoms. The van der Waals surface area contributed by atoms with Crippen molar-refractivity contribution < 1.29 is 4.79 Å². The molecule has 0 fully saturated rings. The Hall–Kier alpha value is -1.67. The fourth-order valence-corrected chi connectivity index (χ4v) is 2.99. The summed E-state index contributed by atoms with van der Waals surface area (Å²) in [6, 6.07) is 3.70. The van der Waals surface area contributed by atoms with Crippen LogP contribution in [0, 0.1) is 0 Å². The molecule has 0 unspecified atom stereocenters. The van der Waals surface area contributed by atoms with E-state index < -0.39 is 0 Å². The molecule has 0 spiro atoms. The van der Waals surface area contributed by atoms with Crippen LogP contribution in [0.4, 0.5) is 5.69 Å². The number of carbonyl (C=O) groups excluding carboxylic acids is 1. The van der Waals surface area contributed by atoms with Crippen molar-refractivity contribution >= 4 is 49.2 Å². The van der Waals surface area contributed by atoms with Gasteiger partial charge in [-0.05, 0) is 44.0 Å². The first-order chi connectivity index (χ1) is 10.2. The van der Waals surface area contributed by atoms with Gasteiger partial charge in [-0.3, -0.25) is 15.2 Å².